The number of carboxylic acid groups (broad SMARTS) is 1. The van der Waals surface area contributed by atoms with E-state index < -0.39 is 21.9 Å². The van der Waals surface area contributed by atoms with Gasteiger partial charge in [-0.05, 0) is 24.5 Å². The monoisotopic (exact) mass is 385 g/mol. The number of piperidine rings is 1. The van der Waals surface area contributed by atoms with Crippen LogP contribution in [-0.2, 0) is 14.8 Å². The summed E-state index contributed by atoms with van der Waals surface area (Å²) in [5, 5.41) is 9.23. The molecule has 0 saturated carbocycles. The highest BCUT2D eigenvalue weighted by atomic mass is 35.5. The van der Waals surface area contributed by atoms with Crippen LogP contribution >= 0.6 is 34.8 Å². The molecule has 1 N–H and O–H groups in total. The zero-order valence-corrected chi connectivity index (χ0v) is 14.7. The Hall–Kier alpha value is -0.530. The summed E-state index contributed by atoms with van der Waals surface area (Å²) in [7, 11) is -3.99. The second-order valence-corrected chi connectivity index (χ2v) is 8.52. The SMILES string of the molecule is CC1CC(C(=O)O)CN(S(=O)(=O)c2c(Cl)cc(Cl)cc2Cl)C1. The van der Waals surface area contributed by atoms with Crippen LogP contribution in [0.1, 0.15) is 13.3 Å². The molecule has 2 unspecified atom stereocenters. The minimum absolute atomic E-state index is 0.0746. The second kappa shape index (κ2) is 6.53. The lowest BCUT2D eigenvalue weighted by Gasteiger charge is -2.34. The lowest BCUT2D eigenvalue weighted by atomic mass is 9.92. The molecular weight excluding hydrogens is 373 g/mol. The van der Waals surface area contributed by atoms with Gasteiger partial charge in [0.05, 0.1) is 16.0 Å². The molecule has 1 aromatic rings. The number of carbonyl (C=O) groups is 1. The Balaban J connectivity index is 2.44. The van der Waals surface area contributed by atoms with Gasteiger partial charge in [-0.25, -0.2) is 8.42 Å². The molecule has 122 valence electrons. The first kappa shape index (κ1) is 17.8. The van der Waals surface area contributed by atoms with Crippen LogP contribution in [-0.4, -0.2) is 36.9 Å². The van der Waals surface area contributed by atoms with Gasteiger partial charge in [-0.2, -0.15) is 4.31 Å². The van der Waals surface area contributed by atoms with Gasteiger partial charge in [-0.1, -0.05) is 41.7 Å². The van der Waals surface area contributed by atoms with E-state index in [1.165, 1.54) is 12.1 Å². The quantitative estimate of drug-likeness (QED) is 0.864. The molecule has 0 aromatic heterocycles. The highest BCUT2D eigenvalue weighted by Crippen LogP contribution is 2.36. The maximum absolute atomic E-state index is 12.8. The van der Waals surface area contributed by atoms with Crippen LogP contribution in [0.3, 0.4) is 0 Å². The van der Waals surface area contributed by atoms with Gasteiger partial charge in [0.15, 0.2) is 0 Å². The van der Waals surface area contributed by atoms with Gasteiger partial charge >= 0.3 is 5.97 Å². The molecule has 0 aliphatic carbocycles. The van der Waals surface area contributed by atoms with Gasteiger partial charge in [-0.3, -0.25) is 4.79 Å². The van der Waals surface area contributed by atoms with E-state index in [0.29, 0.717) is 6.42 Å². The lowest BCUT2D eigenvalue weighted by molar-refractivity contribution is -0.143. The Morgan fingerprint density at radius 2 is 1.77 bits per heavy atom. The molecule has 1 aliphatic heterocycles. The molecule has 0 amide bonds. The molecular formula is C13H14Cl3NO4S. The Labute approximate surface area is 143 Å². The van der Waals surface area contributed by atoms with Crippen LogP contribution in [0.4, 0.5) is 0 Å². The van der Waals surface area contributed by atoms with Crippen molar-refractivity contribution in [2.75, 3.05) is 13.1 Å². The van der Waals surface area contributed by atoms with Crippen molar-refractivity contribution in [1.82, 2.24) is 4.31 Å². The van der Waals surface area contributed by atoms with Crippen molar-refractivity contribution < 1.29 is 18.3 Å². The Morgan fingerprint density at radius 3 is 2.27 bits per heavy atom. The van der Waals surface area contributed by atoms with Gasteiger partial charge in [0.2, 0.25) is 10.0 Å². The molecule has 1 aliphatic rings. The number of hydrogen-bond acceptors (Lipinski definition) is 3. The van der Waals surface area contributed by atoms with E-state index in [9.17, 15) is 13.2 Å². The maximum Gasteiger partial charge on any atom is 0.307 e. The van der Waals surface area contributed by atoms with Crippen LogP contribution in [0.5, 0.6) is 0 Å². The molecule has 9 heteroatoms. The largest absolute Gasteiger partial charge is 0.481 e. The summed E-state index contributed by atoms with van der Waals surface area (Å²) >= 11 is 17.8. The second-order valence-electron chi connectivity index (χ2n) is 5.40. The number of carboxylic acids is 1. The van der Waals surface area contributed by atoms with E-state index in [2.05, 4.69) is 0 Å². The zero-order valence-electron chi connectivity index (χ0n) is 11.6. The third-order valence-electron chi connectivity index (χ3n) is 3.54. The molecule has 1 saturated heterocycles. The number of benzene rings is 1. The molecule has 5 nitrogen and oxygen atoms in total. The average Bonchev–Trinajstić information content (AvgIpc) is 2.36. The summed E-state index contributed by atoms with van der Waals surface area (Å²) in [5.41, 5.74) is 0. The number of sulfonamides is 1. The number of rotatable bonds is 3. The molecule has 1 heterocycles. The van der Waals surface area contributed by atoms with E-state index in [0.717, 1.165) is 4.31 Å². The van der Waals surface area contributed by atoms with E-state index in [1.54, 1.807) is 0 Å². The minimum Gasteiger partial charge on any atom is -0.481 e. The Bertz CT molecular complexity index is 684. The van der Waals surface area contributed by atoms with Gasteiger partial charge in [0.1, 0.15) is 4.90 Å². The van der Waals surface area contributed by atoms with Crippen molar-refractivity contribution in [3.8, 4) is 0 Å². The van der Waals surface area contributed by atoms with Gasteiger partial charge in [0.25, 0.3) is 0 Å². The van der Waals surface area contributed by atoms with Crippen molar-refractivity contribution in [3.63, 3.8) is 0 Å². The Kier molecular flexibility index (Phi) is 5.29. The Morgan fingerprint density at radius 1 is 1.23 bits per heavy atom. The van der Waals surface area contributed by atoms with Crippen molar-refractivity contribution >= 4 is 50.8 Å². The molecule has 1 aromatic carbocycles. The first-order valence-electron chi connectivity index (χ1n) is 6.50. The first-order chi connectivity index (χ1) is 10.1. The van der Waals surface area contributed by atoms with E-state index in [-0.39, 0.29) is 39.0 Å². The molecule has 2 atom stereocenters. The van der Waals surface area contributed by atoms with Crippen molar-refractivity contribution in [1.29, 1.82) is 0 Å². The van der Waals surface area contributed by atoms with Gasteiger partial charge in [-0.15, -0.1) is 0 Å². The summed E-state index contributed by atoms with van der Waals surface area (Å²) < 4.78 is 26.7. The minimum atomic E-state index is -3.99. The fourth-order valence-corrected chi connectivity index (χ4v) is 5.68. The smallest absolute Gasteiger partial charge is 0.307 e. The summed E-state index contributed by atoms with van der Waals surface area (Å²) in [6.07, 6.45) is 0.434. The lowest BCUT2D eigenvalue weighted by Crippen LogP contribution is -2.45. The number of hydrogen-bond donors (Lipinski definition) is 1. The number of halogens is 3. The fourth-order valence-electron chi connectivity index (χ4n) is 2.58. The average molecular weight is 387 g/mol. The molecule has 0 spiro atoms. The van der Waals surface area contributed by atoms with Crippen molar-refractivity contribution in [3.05, 3.63) is 27.2 Å². The predicted molar refractivity (Wildman–Crippen MR) is 85.1 cm³/mol. The number of aliphatic carboxylic acids is 1. The third kappa shape index (κ3) is 3.51. The highest BCUT2D eigenvalue weighted by molar-refractivity contribution is 7.89. The highest BCUT2D eigenvalue weighted by Gasteiger charge is 2.38. The van der Waals surface area contributed by atoms with Crippen LogP contribution < -0.4 is 0 Å². The molecule has 2 rings (SSSR count). The van der Waals surface area contributed by atoms with Crippen molar-refractivity contribution in [2.24, 2.45) is 11.8 Å². The predicted octanol–water partition coefficient (Wildman–Crippen LogP) is 3.38. The maximum atomic E-state index is 12.8. The van der Waals surface area contributed by atoms with Crippen LogP contribution in [0.25, 0.3) is 0 Å². The third-order valence-corrected chi connectivity index (χ3v) is 6.51. The fraction of sp³-hybridized carbons (Fsp3) is 0.462. The molecule has 1 fully saturated rings. The summed E-state index contributed by atoms with van der Waals surface area (Å²) in [6, 6.07) is 2.59. The normalized spacial score (nSPS) is 23.5. The number of nitrogens with zero attached hydrogens (tertiary/aromatic N) is 1. The van der Waals surface area contributed by atoms with E-state index >= 15 is 0 Å². The van der Waals surface area contributed by atoms with Gasteiger partial charge in [0, 0.05) is 18.1 Å². The van der Waals surface area contributed by atoms with E-state index in [4.69, 9.17) is 39.9 Å². The first-order valence-corrected chi connectivity index (χ1v) is 9.07. The van der Waals surface area contributed by atoms with Crippen molar-refractivity contribution in [2.45, 2.75) is 18.2 Å². The summed E-state index contributed by atoms with van der Waals surface area (Å²) in [5.74, 6) is -1.84. The molecule has 22 heavy (non-hydrogen) atoms. The van der Waals surface area contributed by atoms with Crippen LogP contribution in [0.15, 0.2) is 17.0 Å². The summed E-state index contributed by atoms with van der Waals surface area (Å²) in [6.45, 7) is 1.93. The topological polar surface area (TPSA) is 74.7 Å². The summed E-state index contributed by atoms with van der Waals surface area (Å²) in [4.78, 5) is 11.0. The van der Waals surface area contributed by atoms with Crippen LogP contribution in [0.2, 0.25) is 15.1 Å². The van der Waals surface area contributed by atoms with Crippen LogP contribution in [0, 0.1) is 11.8 Å². The zero-order chi connectivity index (χ0) is 16.7. The van der Waals surface area contributed by atoms with Gasteiger partial charge < -0.3 is 5.11 Å². The molecule has 0 radical (unpaired) electrons. The molecule has 0 bridgehead atoms. The van der Waals surface area contributed by atoms with E-state index in [1.807, 2.05) is 6.92 Å². The standard InChI is InChI=1S/C13H14Cl3NO4S/c1-7-2-8(13(18)19)6-17(5-7)22(20,21)12-10(15)3-9(14)4-11(12)16/h3-4,7-8H,2,5-6H2,1H3,(H,18,19).